The van der Waals surface area contributed by atoms with Crippen molar-refractivity contribution in [3.63, 3.8) is 0 Å². The minimum atomic E-state index is -0.102. The van der Waals surface area contributed by atoms with E-state index in [-0.39, 0.29) is 5.91 Å². The molecule has 0 radical (unpaired) electrons. The predicted octanol–water partition coefficient (Wildman–Crippen LogP) is 6.49. The van der Waals surface area contributed by atoms with Gasteiger partial charge in [-0.15, -0.1) is 0 Å². The molecule has 138 valence electrons. The summed E-state index contributed by atoms with van der Waals surface area (Å²) < 4.78 is 5.06. The average Bonchev–Trinajstić information content (AvgIpc) is 3.13. The molecule has 1 aromatic rings. The van der Waals surface area contributed by atoms with Gasteiger partial charge in [0.15, 0.2) is 5.76 Å². The Labute approximate surface area is 148 Å². The maximum Gasteiger partial charge on any atom is 0.286 e. The lowest BCUT2D eigenvalue weighted by atomic mass is 10.0. The van der Waals surface area contributed by atoms with Crippen LogP contribution in [0.2, 0.25) is 0 Å². The van der Waals surface area contributed by atoms with Crippen molar-refractivity contribution in [3.8, 4) is 0 Å². The molecule has 1 heterocycles. The molecule has 1 rings (SSSR count). The first-order valence-electron chi connectivity index (χ1n) is 10.2. The highest BCUT2D eigenvalue weighted by molar-refractivity contribution is 5.91. The van der Waals surface area contributed by atoms with Gasteiger partial charge in [-0.2, -0.15) is 0 Å². The summed E-state index contributed by atoms with van der Waals surface area (Å²) in [6.07, 6.45) is 20.5. The van der Waals surface area contributed by atoms with Gasteiger partial charge in [-0.25, -0.2) is 0 Å². The molecule has 0 aliphatic carbocycles. The summed E-state index contributed by atoms with van der Waals surface area (Å²) in [6.45, 7) is 3.02. The van der Waals surface area contributed by atoms with Gasteiger partial charge in [-0.05, 0) is 18.6 Å². The van der Waals surface area contributed by atoms with Gasteiger partial charge >= 0.3 is 0 Å². The number of unbranched alkanes of at least 4 members (excludes halogenated alkanes) is 13. The van der Waals surface area contributed by atoms with Crippen LogP contribution in [0, 0.1) is 0 Å². The van der Waals surface area contributed by atoms with Gasteiger partial charge in [0, 0.05) is 6.54 Å². The number of amides is 1. The zero-order valence-electron chi connectivity index (χ0n) is 15.7. The second-order valence-electron chi connectivity index (χ2n) is 6.83. The van der Waals surface area contributed by atoms with E-state index >= 15 is 0 Å². The van der Waals surface area contributed by atoms with E-state index in [2.05, 4.69) is 12.2 Å². The Morgan fingerprint density at radius 1 is 0.833 bits per heavy atom. The summed E-state index contributed by atoms with van der Waals surface area (Å²) in [5, 5.41) is 2.90. The molecule has 1 aromatic heterocycles. The first-order valence-corrected chi connectivity index (χ1v) is 10.2. The van der Waals surface area contributed by atoms with Crippen molar-refractivity contribution in [2.24, 2.45) is 0 Å². The Balaban J connectivity index is 1.74. The molecule has 1 amide bonds. The molecule has 0 bridgehead atoms. The van der Waals surface area contributed by atoms with E-state index < -0.39 is 0 Å². The van der Waals surface area contributed by atoms with Gasteiger partial charge in [0.1, 0.15) is 0 Å². The molecule has 0 atom stereocenters. The van der Waals surface area contributed by atoms with Crippen molar-refractivity contribution in [2.45, 2.75) is 96.8 Å². The van der Waals surface area contributed by atoms with E-state index in [1.54, 1.807) is 12.1 Å². The molecule has 0 fully saturated rings. The Morgan fingerprint density at radius 3 is 1.79 bits per heavy atom. The van der Waals surface area contributed by atoms with E-state index in [0.717, 1.165) is 13.0 Å². The van der Waals surface area contributed by atoms with Gasteiger partial charge in [-0.3, -0.25) is 4.79 Å². The zero-order chi connectivity index (χ0) is 17.3. The maximum atomic E-state index is 11.6. The summed E-state index contributed by atoms with van der Waals surface area (Å²) in [6, 6.07) is 3.43. The predicted molar refractivity (Wildman–Crippen MR) is 101 cm³/mol. The summed E-state index contributed by atoms with van der Waals surface area (Å²) in [5.41, 5.74) is 0. The maximum absolute atomic E-state index is 11.6. The second kappa shape index (κ2) is 15.3. The van der Waals surface area contributed by atoms with Gasteiger partial charge in [-0.1, -0.05) is 90.4 Å². The number of rotatable bonds is 16. The van der Waals surface area contributed by atoms with E-state index in [0.29, 0.717) is 5.76 Å². The molecule has 0 aromatic carbocycles. The third-order valence-corrected chi connectivity index (χ3v) is 4.56. The third kappa shape index (κ3) is 11.3. The van der Waals surface area contributed by atoms with Crippen LogP contribution in [-0.2, 0) is 0 Å². The summed E-state index contributed by atoms with van der Waals surface area (Å²) in [5.74, 6) is 0.301. The summed E-state index contributed by atoms with van der Waals surface area (Å²) >= 11 is 0. The van der Waals surface area contributed by atoms with Crippen LogP contribution in [0.3, 0.4) is 0 Å². The molecule has 0 saturated carbocycles. The lowest BCUT2D eigenvalue weighted by Crippen LogP contribution is -2.23. The fourth-order valence-electron chi connectivity index (χ4n) is 3.02. The number of carbonyl (C=O) groups excluding carboxylic acids is 1. The van der Waals surface area contributed by atoms with E-state index in [1.165, 1.54) is 89.7 Å². The number of hydrogen-bond donors (Lipinski definition) is 1. The fourth-order valence-corrected chi connectivity index (χ4v) is 3.02. The van der Waals surface area contributed by atoms with Gasteiger partial charge < -0.3 is 9.73 Å². The molecule has 1 N–H and O–H groups in total. The standard InChI is InChI=1S/C21H37NO2/c1-2-3-4-5-6-7-8-9-10-11-12-13-14-15-18-22-21(23)20-17-16-19-24-20/h16-17,19H,2-15,18H2,1H3,(H,22,23). The molecular formula is C21H37NO2. The van der Waals surface area contributed by atoms with Crippen LogP contribution in [-0.4, -0.2) is 12.5 Å². The molecule has 0 unspecified atom stereocenters. The largest absolute Gasteiger partial charge is 0.459 e. The first kappa shape index (κ1) is 20.8. The van der Waals surface area contributed by atoms with Crippen LogP contribution in [0.25, 0.3) is 0 Å². The quantitative estimate of drug-likeness (QED) is 0.351. The number of furan rings is 1. The minimum absolute atomic E-state index is 0.102. The lowest BCUT2D eigenvalue weighted by molar-refractivity contribution is 0.0925. The van der Waals surface area contributed by atoms with Crippen molar-refractivity contribution in [2.75, 3.05) is 6.54 Å². The second-order valence-corrected chi connectivity index (χ2v) is 6.83. The van der Waals surface area contributed by atoms with Crippen LogP contribution in [0.5, 0.6) is 0 Å². The molecule has 3 heteroatoms. The Hall–Kier alpha value is -1.25. The van der Waals surface area contributed by atoms with Crippen molar-refractivity contribution in [3.05, 3.63) is 24.2 Å². The molecule has 0 spiro atoms. The van der Waals surface area contributed by atoms with Gasteiger partial charge in [0.25, 0.3) is 5.91 Å². The monoisotopic (exact) mass is 335 g/mol. The molecule has 3 nitrogen and oxygen atoms in total. The Bertz CT molecular complexity index is 387. The van der Waals surface area contributed by atoms with E-state index in [9.17, 15) is 4.79 Å². The normalized spacial score (nSPS) is 10.9. The highest BCUT2D eigenvalue weighted by atomic mass is 16.3. The number of nitrogens with one attached hydrogen (secondary N) is 1. The van der Waals surface area contributed by atoms with Crippen molar-refractivity contribution < 1.29 is 9.21 Å². The summed E-state index contributed by atoms with van der Waals surface area (Å²) in [4.78, 5) is 11.6. The minimum Gasteiger partial charge on any atom is -0.459 e. The molecule has 0 saturated heterocycles. The van der Waals surface area contributed by atoms with Crippen LogP contribution < -0.4 is 5.32 Å². The topological polar surface area (TPSA) is 42.2 Å². The molecule has 0 aliphatic rings. The Kier molecular flexibility index (Phi) is 13.2. The van der Waals surface area contributed by atoms with Crippen LogP contribution in [0.15, 0.2) is 22.8 Å². The highest BCUT2D eigenvalue weighted by Gasteiger charge is 2.06. The average molecular weight is 336 g/mol. The third-order valence-electron chi connectivity index (χ3n) is 4.56. The van der Waals surface area contributed by atoms with Crippen molar-refractivity contribution >= 4 is 5.91 Å². The SMILES string of the molecule is CCCCCCCCCCCCCCCCNC(=O)c1ccco1. The van der Waals surface area contributed by atoms with Gasteiger partial charge in [0.2, 0.25) is 0 Å². The van der Waals surface area contributed by atoms with Crippen molar-refractivity contribution in [1.82, 2.24) is 5.32 Å². The van der Waals surface area contributed by atoms with Crippen LogP contribution in [0.4, 0.5) is 0 Å². The zero-order valence-corrected chi connectivity index (χ0v) is 15.7. The smallest absolute Gasteiger partial charge is 0.286 e. The molecule has 24 heavy (non-hydrogen) atoms. The fraction of sp³-hybridized carbons (Fsp3) is 0.762. The highest BCUT2D eigenvalue weighted by Crippen LogP contribution is 2.12. The van der Waals surface area contributed by atoms with E-state index in [1.807, 2.05) is 0 Å². The van der Waals surface area contributed by atoms with Crippen LogP contribution in [0.1, 0.15) is 107 Å². The number of hydrogen-bond acceptors (Lipinski definition) is 2. The molecule has 0 aliphatic heterocycles. The summed E-state index contributed by atoms with van der Waals surface area (Å²) in [7, 11) is 0. The van der Waals surface area contributed by atoms with Gasteiger partial charge in [0.05, 0.1) is 6.26 Å². The first-order chi connectivity index (χ1) is 11.8. The Morgan fingerprint density at radius 2 is 1.33 bits per heavy atom. The van der Waals surface area contributed by atoms with Crippen LogP contribution >= 0.6 is 0 Å². The van der Waals surface area contributed by atoms with E-state index in [4.69, 9.17) is 4.42 Å². The molecular weight excluding hydrogens is 298 g/mol. The lowest BCUT2D eigenvalue weighted by Gasteiger charge is -2.04. The number of carbonyl (C=O) groups is 1. The van der Waals surface area contributed by atoms with Crippen molar-refractivity contribution in [1.29, 1.82) is 0 Å².